The molecule has 1 saturated carbocycles. The summed E-state index contributed by atoms with van der Waals surface area (Å²) in [5.74, 6) is -1.10. The normalized spacial score (nSPS) is 27.4. The van der Waals surface area contributed by atoms with Crippen LogP contribution in [-0.4, -0.2) is 36.2 Å². The van der Waals surface area contributed by atoms with Crippen molar-refractivity contribution in [2.75, 3.05) is 13.2 Å². The SMILES string of the molecule is O=C(NC1CCC(C(=O)O)CC1)C1=COCCO1. The van der Waals surface area contributed by atoms with Gasteiger partial charge in [-0.25, -0.2) is 0 Å². The second-order valence-electron chi connectivity index (χ2n) is 4.56. The molecule has 1 amide bonds. The highest BCUT2D eigenvalue weighted by atomic mass is 16.6. The van der Waals surface area contributed by atoms with E-state index >= 15 is 0 Å². The van der Waals surface area contributed by atoms with Gasteiger partial charge in [0, 0.05) is 6.04 Å². The van der Waals surface area contributed by atoms with Crippen LogP contribution in [0.5, 0.6) is 0 Å². The molecule has 1 fully saturated rings. The van der Waals surface area contributed by atoms with Gasteiger partial charge in [-0.15, -0.1) is 0 Å². The lowest BCUT2D eigenvalue weighted by atomic mass is 9.86. The fraction of sp³-hybridized carbons (Fsp3) is 0.667. The number of carbonyl (C=O) groups excluding carboxylic acids is 1. The number of aliphatic carboxylic acids is 1. The molecular weight excluding hydrogens is 238 g/mol. The van der Waals surface area contributed by atoms with E-state index < -0.39 is 5.97 Å². The van der Waals surface area contributed by atoms with Crippen molar-refractivity contribution in [2.45, 2.75) is 31.7 Å². The van der Waals surface area contributed by atoms with Gasteiger partial charge in [-0.05, 0) is 25.7 Å². The van der Waals surface area contributed by atoms with Crippen molar-refractivity contribution in [1.82, 2.24) is 5.32 Å². The molecule has 0 unspecified atom stereocenters. The van der Waals surface area contributed by atoms with Gasteiger partial charge < -0.3 is 19.9 Å². The molecule has 0 aromatic carbocycles. The van der Waals surface area contributed by atoms with Gasteiger partial charge in [-0.2, -0.15) is 0 Å². The molecule has 2 rings (SSSR count). The second-order valence-corrected chi connectivity index (χ2v) is 4.56. The predicted molar refractivity (Wildman–Crippen MR) is 61.5 cm³/mol. The Morgan fingerprint density at radius 3 is 2.50 bits per heavy atom. The topological polar surface area (TPSA) is 84.9 Å². The molecule has 0 aromatic heterocycles. The molecule has 0 atom stereocenters. The lowest BCUT2D eigenvalue weighted by Gasteiger charge is -2.27. The van der Waals surface area contributed by atoms with Gasteiger partial charge in [0.25, 0.3) is 5.91 Å². The largest absolute Gasteiger partial charge is 0.494 e. The van der Waals surface area contributed by atoms with Crippen LogP contribution in [-0.2, 0) is 19.1 Å². The highest BCUT2D eigenvalue weighted by molar-refractivity contribution is 5.91. The van der Waals surface area contributed by atoms with E-state index in [0.29, 0.717) is 38.9 Å². The van der Waals surface area contributed by atoms with Crippen LogP contribution < -0.4 is 5.32 Å². The molecule has 6 heteroatoms. The maximum Gasteiger partial charge on any atom is 0.306 e. The van der Waals surface area contributed by atoms with E-state index in [1.54, 1.807) is 0 Å². The monoisotopic (exact) mass is 255 g/mol. The van der Waals surface area contributed by atoms with Crippen LogP contribution in [0.3, 0.4) is 0 Å². The number of amides is 1. The summed E-state index contributed by atoms with van der Waals surface area (Å²) in [6.45, 7) is 0.839. The molecule has 2 N–H and O–H groups in total. The zero-order chi connectivity index (χ0) is 13.0. The average molecular weight is 255 g/mol. The summed E-state index contributed by atoms with van der Waals surface area (Å²) in [5.41, 5.74) is 0. The van der Waals surface area contributed by atoms with Crippen molar-refractivity contribution in [3.05, 3.63) is 12.0 Å². The molecule has 1 heterocycles. The van der Waals surface area contributed by atoms with Gasteiger partial charge in [0.2, 0.25) is 5.76 Å². The first-order valence-corrected chi connectivity index (χ1v) is 6.15. The molecular formula is C12H17NO5. The van der Waals surface area contributed by atoms with Crippen molar-refractivity contribution in [2.24, 2.45) is 5.92 Å². The Balaban J connectivity index is 1.79. The Hall–Kier alpha value is -1.72. The highest BCUT2D eigenvalue weighted by Gasteiger charge is 2.27. The number of carboxylic acid groups (broad SMARTS) is 1. The zero-order valence-electron chi connectivity index (χ0n) is 10.1. The number of carbonyl (C=O) groups is 2. The first-order valence-electron chi connectivity index (χ1n) is 6.15. The summed E-state index contributed by atoms with van der Waals surface area (Å²) in [7, 11) is 0. The van der Waals surface area contributed by atoms with Gasteiger partial charge in [0.1, 0.15) is 19.5 Å². The van der Waals surface area contributed by atoms with E-state index in [1.165, 1.54) is 6.26 Å². The predicted octanol–water partition coefficient (Wildman–Crippen LogP) is 0.634. The Kier molecular flexibility index (Phi) is 4.07. The fourth-order valence-corrected chi connectivity index (χ4v) is 2.23. The highest BCUT2D eigenvalue weighted by Crippen LogP contribution is 2.24. The van der Waals surface area contributed by atoms with Crippen molar-refractivity contribution in [1.29, 1.82) is 0 Å². The minimum atomic E-state index is -0.744. The molecule has 0 radical (unpaired) electrons. The van der Waals surface area contributed by atoms with Gasteiger partial charge in [0.05, 0.1) is 5.92 Å². The number of hydrogen-bond donors (Lipinski definition) is 2. The van der Waals surface area contributed by atoms with Crippen LogP contribution in [0.25, 0.3) is 0 Å². The van der Waals surface area contributed by atoms with Gasteiger partial charge in [0.15, 0.2) is 0 Å². The Morgan fingerprint density at radius 1 is 1.22 bits per heavy atom. The third-order valence-corrected chi connectivity index (χ3v) is 3.28. The zero-order valence-corrected chi connectivity index (χ0v) is 10.1. The fourth-order valence-electron chi connectivity index (χ4n) is 2.23. The van der Waals surface area contributed by atoms with E-state index in [0.717, 1.165) is 0 Å². The minimum Gasteiger partial charge on any atom is -0.494 e. The van der Waals surface area contributed by atoms with Crippen LogP contribution in [0.2, 0.25) is 0 Å². The van der Waals surface area contributed by atoms with Gasteiger partial charge in [-0.1, -0.05) is 0 Å². The quantitative estimate of drug-likeness (QED) is 0.772. The molecule has 100 valence electrons. The third kappa shape index (κ3) is 3.15. The summed E-state index contributed by atoms with van der Waals surface area (Å²) in [6.07, 6.45) is 3.92. The standard InChI is InChI=1S/C12H17NO5/c14-11(10-7-17-5-6-18-10)13-9-3-1-8(2-4-9)12(15)16/h7-9H,1-6H2,(H,13,14)(H,15,16). The molecule has 2 aliphatic rings. The van der Waals surface area contributed by atoms with E-state index in [1.807, 2.05) is 0 Å². The van der Waals surface area contributed by atoms with E-state index in [4.69, 9.17) is 14.6 Å². The van der Waals surface area contributed by atoms with Crippen molar-refractivity contribution in [3.63, 3.8) is 0 Å². The Morgan fingerprint density at radius 2 is 1.94 bits per heavy atom. The first kappa shape index (κ1) is 12.7. The van der Waals surface area contributed by atoms with Crippen LogP contribution in [0.4, 0.5) is 0 Å². The third-order valence-electron chi connectivity index (χ3n) is 3.28. The van der Waals surface area contributed by atoms with Crippen molar-refractivity contribution >= 4 is 11.9 Å². The lowest BCUT2D eigenvalue weighted by Crippen LogP contribution is -2.40. The number of ether oxygens (including phenoxy) is 2. The van der Waals surface area contributed by atoms with E-state index in [2.05, 4.69) is 5.32 Å². The molecule has 0 saturated heterocycles. The number of carboxylic acids is 1. The molecule has 6 nitrogen and oxygen atoms in total. The smallest absolute Gasteiger partial charge is 0.306 e. The van der Waals surface area contributed by atoms with E-state index in [-0.39, 0.29) is 23.6 Å². The maximum absolute atomic E-state index is 11.8. The second kappa shape index (κ2) is 5.75. The Bertz CT molecular complexity index is 357. The van der Waals surface area contributed by atoms with Crippen LogP contribution in [0.1, 0.15) is 25.7 Å². The average Bonchev–Trinajstić information content (AvgIpc) is 2.40. The van der Waals surface area contributed by atoms with Gasteiger partial charge in [-0.3, -0.25) is 9.59 Å². The molecule has 18 heavy (non-hydrogen) atoms. The molecule has 1 aliphatic heterocycles. The molecule has 0 aromatic rings. The minimum absolute atomic E-state index is 0.0273. The first-order chi connectivity index (χ1) is 8.66. The van der Waals surface area contributed by atoms with Crippen molar-refractivity contribution in [3.8, 4) is 0 Å². The lowest BCUT2D eigenvalue weighted by molar-refractivity contribution is -0.142. The van der Waals surface area contributed by atoms with Crippen LogP contribution in [0.15, 0.2) is 12.0 Å². The van der Waals surface area contributed by atoms with Crippen molar-refractivity contribution < 1.29 is 24.2 Å². The Labute approximate surface area is 105 Å². The number of hydrogen-bond acceptors (Lipinski definition) is 4. The van der Waals surface area contributed by atoms with Gasteiger partial charge >= 0.3 is 5.97 Å². The number of rotatable bonds is 3. The van der Waals surface area contributed by atoms with E-state index in [9.17, 15) is 9.59 Å². The summed E-state index contributed by atoms with van der Waals surface area (Å²) in [6, 6.07) is 0.0273. The molecule has 1 aliphatic carbocycles. The molecule has 0 bridgehead atoms. The van der Waals surface area contributed by atoms with Crippen LogP contribution >= 0.6 is 0 Å². The summed E-state index contributed by atoms with van der Waals surface area (Å²) < 4.78 is 10.2. The summed E-state index contributed by atoms with van der Waals surface area (Å²) in [4.78, 5) is 22.6. The molecule has 0 spiro atoms. The van der Waals surface area contributed by atoms with Crippen LogP contribution in [0, 0.1) is 5.92 Å². The summed E-state index contributed by atoms with van der Waals surface area (Å²) >= 11 is 0. The summed E-state index contributed by atoms with van der Waals surface area (Å²) in [5, 5.41) is 11.7. The maximum atomic E-state index is 11.8. The number of nitrogens with one attached hydrogen (secondary N) is 1.